The maximum Gasteiger partial charge on any atom is 0.198 e. The van der Waals surface area contributed by atoms with Gasteiger partial charge in [-0.2, -0.15) is 0 Å². The highest BCUT2D eigenvalue weighted by atomic mass is 16.1. The first-order valence-electron chi connectivity index (χ1n) is 7.34. The highest BCUT2D eigenvalue weighted by Crippen LogP contribution is 2.10. The number of aromatic nitrogens is 2. The van der Waals surface area contributed by atoms with Crippen molar-refractivity contribution in [3.05, 3.63) is 18.2 Å². The summed E-state index contributed by atoms with van der Waals surface area (Å²) >= 11 is 0. The molecule has 0 aromatic carbocycles. The number of nitrogens with zero attached hydrogens (tertiary/aromatic N) is 2. The van der Waals surface area contributed by atoms with Crippen LogP contribution in [0.2, 0.25) is 0 Å². The van der Waals surface area contributed by atoms with E-state index in [1.807, 2.05) is 17.7 Å². The summed E-state index contributed by atoms with van der Waals surface area (Å²) in [7, 11) is 0. The van der Waals surface area contributed by atoms with Gasteiger partial charge in [0, 0.05) is 25.4 Å². The molecule has 102 valence electrons. The first kappa shape index (κ1) is 14.9. The maximum absolute atomic E-state index is 11.9. The van der Waals surface area contributed by atoms with Crippen molar-refractivity contribution < 1.29 is 4.79 Å². The van der Waals surface area contributed by atoms with E-state index >= 15 is 0 Å². The van der Waals surface area contributed by atoms with Gasteiger partial charge < -0.3 is 4.57 Å². The zero-order chi connectivity index (χ0) is 13.2. The van der Waals surface area contributed by atoms with Crippen molar-refractivity contribution >= 4 is 5.78 Å². The molecule has 3 heteroatoms. The number of aryl methyl sites for hydroxylation is 1. The van der Waals surface area contributed by atoms with E-state index in [4.69, 9.17) is 0 Å². The van der Waals surface area contributed by atoms with Crippen molar-refractivity contribution in [3.63, 3.8) is 0 Å². The topological polar surface area (TPSA) is 34.9 Å². The van der Waals surface area contributed by atoms with Crippen molar-refractivity contribution in [2.45, 2.75) is 71.8 Å². The highest BCUT2D eigenvalue weighted by Gasteiger charge is 2.10. The van der Waals surface area contributed by atoms with Crippen LogP contribution in [-0.4, -0.2) is 15.3 Å². The Kier molecular flexibility index (Phi) is 7.38. The van der Waals surface area contributed by atoms with Crippen molar-refractivity contribution in [1.82, 2.24) is 9.55 Å². The van der Waals surface area contributed by atoms with E-state index < -0.39 is 0 Å². The second kappa shape index (κ2) is 8.90. The second-order valence-corrected chi connectivity index (χ2v) is 4.83. The van der Waals surface area contributed by atoms with E-state index in [1.165, 1.54) is 38.5 Å². The molecule has 0 radical (unpaired) electrons. The number of ketones is 1. The van der Waals surface area contributed by atoms with E-state index in [9.17, 15) is 4.79 Å². The average Bonchev–Trinajstić information content (AvgIpc) is 2.85. The Morgan fingerprint density at radius 3 is 2.44 bits per heavy atom. The normalized spacial score (nSPS) is 10.8. The Morgan fingerprint density at radius 2 is 1.78 bits per heavy atom. The molecular formula is C15H26N2O. The Hall–Kier alpha value is -1.12. The van der Waals surface area contributed by atoms with Crippen molar-refractivity contribution in [2.24, 2.45) is 0 Å². The molecule has 0 N–H and O–H groups in total. The lowest BCUT2D eigenvalue weighted by Gasteiger charge is -2.04. The largest absolute Gasteiger partial charge is 0.329 e. The molecule has 0 saturated carbocycles. The minimum absolute atomic E-state index is 0.190. The van der Waals surface area contributed by atoms with Crippen LogP contribution in [0.5, 0.6) is 0 Å². The number of carbonyl (C=O) groups excluding carboxylic acids is 1. The van der Waals surface area contributed by atoms with Crippen LogP contribution in [0.1, 0.15) is 75.8 Å². The monoisotopic (exact) mass is 250 g/mol. The summed E-state index contributed by atoms with van der Waals surface area (Å²) in [4.78, 5) is 16.1. The Bertz CT molecular complexity index is 344. The quantitative estimate of drug-likeness (QED) is 0.460. The van der Waals surface area contributed by atoms with E-state index in [2.05, 4.69) is 11.9 Å². The number of unbranched alkanes of at least 4 members (excludes halogenated alkanes) is 6. The fraction of sp³-hybridized carbons (Fsp3) is 0.733. The van der Waals surface area contributed by atoms with Gasteiger partial charge in [-0.05, 0) is 13.3 Å². The fourth-order valence-electron chi connectivity index (χ4n) is 2.17. The summed E-state index contributed by atoms with van der Waals surface area (Å²) in [5.74, 6) is 0.818. The number of rotatable bonds is 10. The number of imidazole rings is 1. The van der Waals surface area contributed by atoms with Crippen molar-refractivity contribution in [3.8, 4) is 0 Å². The van der Waals surface area contributed by atoms with Crippen LogP contribution in [-0.2, 0) is 6.54 Å². The summed E-state index contributed by atoms with van der Waals surface area (Å²) in [5.41, 5.74) is 0. The highest BCUT2D eigenvalue weighted by molar-refractivity contribution is 5.92. The summed E-state index contributed by atoms with van der Waals surface area (Å²) in [5, 5.41) is 0. The first-order chi connectivity index (χ1) is 8.79. The molecule has 18 heavy (non-hydrogen) atoms. The van der Waals surface area contributed by atoms with E-state index in [-0.39, 0.29) is 5.78 Å². The summed E-state index contributed by atoms with van der Waals surface area (Å²) in [6.45, 7) is 5.08. The Labute approximate surface area is 111 Å². The van der Waals surface area contributed by atoms with Gasteiger partial charge in [-0.1, -0.05) is 45.4 Å². The van der Waals surface area contributed by atoms with Crippen LogP contribution in [0, 0.1) is 0 Å². The molecule has 1 rings (SSSR count). The minimum atomic E-state index is 0.190. The number of Topliss-reactive ketones (excluding diaryl/α,β-unsaturated/α-hetero) is 1. The molecule has 1 heterocycles. The molecule has 0 spiro atoms. The lowest BCUT2D eigenvalue weighted by atomic mass is 10.1. The first-order valence-corrected chi connectivity index (χ1v) is 7.34. The lowest BCUT2D eigenvalue weighted by molar-refractivity contribution is 0.0965. The van der Waals surface area contributed by atoms with Gasteiger partial charge in [0.1, 0.15) is 0 Å². The third-order valence-corrected chi connectivity index (χ3v) is 3.31. The molecule has 3 nitrogen and oxygen atoms in total. The van der Waals surface area contributed by atoms with Crippen LogP contribution >= 0.6 is 0 Å². The molecule has 1 aromatic heterocycles. The molecule has 0 unspecified atom stereocenters. The van der Waals surface area contributed by atoms with E-state index in [0.717, 1.165) is 13.0 Å². The van der Waals surface area contributed by atoms with Gasteiger partial charge in [0.2, 0.25) is 0 Å². The molecule has 0 fully saturated rings. The number of carbonyl (C=O) groups is 1. The zero-order valence-corrected chi connectivity index (χ0v) is 11.8. The molecule has 0 aliphatic rings. The third-order valence-electron chi connectivity index (χ3n) is 3.31. The van der Waals surface area contributed by atoms with Crippen molar-refractivity contribution in [1.29, 1.82) is 0 Å². The molecule has 1 aromatic rings. The van der Waals surface area contributed by atoms with Crippen LogP contribution < -0.4 is 0 Å². The Morgan fingerprint density at radius 1 is 1.11 bits per heavy atom. The lowest BCUT2D eigenvalue weighted by Crippen LogP contribution is -2.09. The van der Waals surface area contributed by atoms with Gasteiger partial charge in [0.25, 0.3) is 0 Å². The van der Waals surface area contributed by atoms with Gasteiger partial charge in [-0.3, -0.25) is 4.79 Å². The van der Waals surface area contributed by atoms with E-state index in [1.54, 1.807) is 6.20 Å². The van der Waals surface area contributed by atoms with Gasteiger partial charge >= 0.3 is 0 Å². The average molecular weight is 250 g/mol. The van der Waals surface area contributed by atoms with Crippen LogP contribution in [0.3, 0.4) is 0 Å². The molecule has 0 amide bonds. The minimum Gasteiger partial charge on any atom is -0.329 e. The molecular weight excluding hydrogens is 224 g/mol. The summed E-state index contributed by atoms with van der Waals surface area (Å²) in [6, 6.07) is 0. The van der Waals surface area contributed by atoms with Gasteiger partial charge in [0.05, 0.1) is 0 Å². The molecule has 0 aliphatic carbocycles. The molecule has 0 bridgehead atoms. The standard InChI is InChI=1S/C15H26N2O/c1-3-5-6-7-8-9-10-11-14(18)15-16-12-13-17(15)4-2/h12-13H,3-11H2,1-2H3. The smallest absolute Gasteiger partial charge is 0.198 e. The third kappa shape index (κ3) is 5.03. The molecule has 0 aliphatic heterocycles. The van der Waals surface area contributed by atoms with Crippen LogP contribution in [0.25, 0.3) is 0 Å². The number of hydrogen-bond donors (Lipinski definition) is 0. The van der Waals surface area contributed by atoms with Crippen molar-refractivity contribution in [2.75, 3.05) is 0 Å². The molecule has 0 atom stereocenters. The molecule has 0 saturated heterocycles. The van der Waals surface area contributed by atoms with Gasteiger partial charge in [0.15, 0.2) is 11.6 Å². The Balaban J connectivity index is 2.14. The van der Waals surface area contributed by atoms with Gasteiger partial charge in [-0.25, -0.2) is 4.98 Å². The summed E-state index contributed by atoms with van der Waals surface area (Å²) < 4.78 is 1.92. The fourth-order valence-corrected chi connectivity index (χ4v) is 2.17. The predicted octanol–water partition coefficient (Wildman–Crippen LogP) is 4.23. The van der Waals surface area contributed by atoms with Gasteiger partial charge in [-0.15, -0.1) is 0 Å². The number of hydrogen-bond acceptors (Lipinski definition) is 2. The predicted molar refractivity (Wildman–Crippen MR) is 74.8 cm³/mol. The van der Waals surface area contributed by atoms with E-state index in [0.29, 0.717) is 12.2 Å². The second-order valence-electron chi connectivity index (χ2n) is 4.83. The van der Waals surface area contributed by atoms with Crippen LogP contribution in [0.4, 0.5) is 0 Å². The SMILES string of the molecule is CCCCCCCCCC(=O)c1nccn1CC. The maximum atomic E-state index is 11.9. The zero-order valence-electron chi connectivity index (χ0n) is 11.8. The summed E-state index contributed by atoms with van der Waals surface area (Å²) in [6.07, 6.45) is 12.9. The van der Waals surface area contributed by atoms with Crippen LogP contribution in [0.15, 0.2) is 12.4 Å².